The number of nitrogens with zero attached hydrogens (tertiary/aromatic N) is 5. The van der Waals surface area contributed by atoms with Gasteiger partial charge in [0, 0.05) is 24.0 Å². The SMILES string of the molecule is CCNC(=NCCn1cc([N+](=O)[O-])cn1)N1CC(C)(C)C1(C)C.I. The molecule has 9 heteroatoms. The Kier molecular flexibility index (Phi) is 6.59. The third-order valence-electron chi connectivity index (χ3n) is 4.90. The van der Waals surface area contributed by atoms with E-state index >= 15 is 0 Å². The van der Waals surface area contributed by atoms with E-state index in [-0.39, 0.29) is 40.6 Å². The van der Waals surface area contributed by atoms with E-state index in [1.807, 2.05) is 6.92 Å². The molecule has 1 saturated heterocycles. The molecule has 0 saturated carbocycles. The fourth-order valence-corrected chi connectivity index (χ4v) is 2.62. The summed E-state index contributed by atoms with van der Waals surface area (Å²) in [6.07, 6.45) is 2.69. The molecule has 0 amide bonds. The number of aliphatic imine (C=N–C) groups is 1. The summed E-state index contributed by atoms with van der Waals surface area (Å²) in [5.41, 5.74) is 0.288. The molecule has 1 aromatic rings. The molecule has 0 spiro atoms. The Labute approximate surface area is 159 Å². The first-order chi connectivity index (χ1) is 10.7. The third-order valence-corrected chi connectivity index (χ3v) is 4.90. The Morgan fingerprint density at radius 2 is 2.12 bits per heavy atom. The van der Waals surface area contributed by atoms with Gasteiger partial charge < -0.3 is 10.2 Å². The predicted octanol–water partition coefficient (Wildman–Crippen LogP) is 2.50. The summed E-state index contributed by atoms with van der Waals surface area (Å²) in [7, 11) is 0. The molecular weight excluding hydrogens is 423 g/mol. The van der Waals surface area contributed by atoms with Crippen LogP contribution < -0.4 is 5.32 Å². The van der Waals surface area contributed by atoms with Crippen LogP contribution in [0.15, 0.2) is 17.4 Å². The van der Waals surface area contributed by atoms with E-state index < -0.39 is 4.92 Å². The normalized spacial score (nSPS) is 18.5. The second kappa shape index (κ2) is 7.66. The van der Waals surface area contributed by atoms with Gasteiger partial charge in [-0.2, -0.15) is 5.10 Å². The van der Waals surface area contributed by atoms with Crippen LogP contribution in [0, 0.1) is 15.5 Å². The molecule has 0 aliphatic carbocycles. The van der Waals surface area contributed by atoms with Crippen molar-refractivity contribution in [2.75, 3.05) is 19.6 Å². The highest BCUT2D eigenvalue weighted by Gasteiger charge is 2.53. The van der Waals surface area contributed by atoms with Gasteiger partial charge in [-0.05, 0) is 20.8 Å². The maximum Gasteiger partial charge on any atom is 0.306 e. The standard InChI is InChI=1S/C15H26N6O2.HI/c1-6-16-13(20-11-14(2,3)15(20,4)5)17-7-8-19-10-12(9-18-19)21(22)23;/h9-10H,6-8,11H2,1-5H3,(H,16,17);1H. The average Bonchev–Trinajstić information content (AvgIpc) is 2.93. The molecule has 1 aromatic heterocycles. The Morgan fingerprint density at radius 3 is 2.58 bits per heavy atom. The van der Waals surface area contributed by atoms with Gasteiger partial charge in [-0.1, -0.05) is 13.8 Å². The lowest BCUT2D eigenvalue weighted by atomic mass is 9.65. The molecule has 8 nitrogen and oxygen atoms in total. The van der Waals surface area contributed by atoms with Crippen LogP contribution in [-0.4, -0.2) is 50.7 Å². The van der Waals surface area contributed by atoms with Crippen molar-refractivity contribution in [1.29, 1.82) is 0 Å². The minimum atomic E-state index is -0.443. The lowest BCUT2D eigenvalue weighted by Crippen LogP contribution is -2.72. The number of aromatic nitrogens is 2. The zero-order valence-electron chi connectivity index (χ0n) is 14.9. The molecule has 0 aromatic carbocycles. The fourth-order valence-electron chi connectivity index (χ4n) is 2.62. The van der Waals surface area contributed by atoms with Crippen molar-refractivity contribution in [2.24, 2.45) is 10.4 Å². The van der Waals surface area contributed by atoms with Crippen molar-refractivity contribution < 1.29 is 4.92 Å². The monoisotopic (exact) mass is 450 g/mol. The van der Waals surface area contributed by atoms with E-state index in [1.165, 1.54) is 12.4 Å². The first kappa shape index (κ1) is 20.7. The number of hydrogen-bond acceptors (Lipinski definition) is 4. The Balaban J connectivity index is 0.00000288. The van der Waals surface area contributed by atoms with Crippen LogP contribution in [0.5, 0.6) is 0 Å². The highest BCUT2D eigenvalue weighted by Crippen LogP contribution is 2.46. The van der Waals surface area contributed by atoms with Gasteiger partial charge in [0.2, 0.25) is 0 Å². The molecule has 1 fully saturated rings. The fraction of sp³-hybridized carbons (Fsp3) is 0.733. The van der Waals surface area contributed by atoms with E-state index in [4.69, 9.17) is 0 Å². The van der Waals surface area contributed by atoms with E-state index in [9.17, 15) is 10.1 Å². The maximum absolute atomic E-state index is 10.7. The number of guanidine groups is 1. The van der Waals surface area contributed by atoms with Gasteiger partial charge in [-0.3, -0.25) is 19.8 Å². The average molecular weight is 450 g/mol. The Morgan fingerprint density at radius 1 is 1.46 bits per heavy atom. The van der Waals surface area contributed by atoms with Crippen molar-refractivity contribution in [3.8, 4) is 0 Å². The van der Waals surface area contributed by atoms with Crippen molar-refractivity contribution in [1.82, 2.24) is 20.0 Å². The van der Waals surface area contributed by atoms with Crippen molar-refractivity contribution >= 4 is 35.6 Å². The van der Waals surface area contributed by atoms with Crippen LogP contribution >= 0.6 is 24.0 Å². The van der Waals surface area contributed by atoms with Crippen LogP contribution in [0.4, 0.5) is 5.69 Å². The minimum Gasteiger partial charge on any atom is -0.356 e. The van der Waals surface area contributed by atoms with Gasteiger partial charge in [0.05, 0.1) is 18.0 Å². The number of hydrogen-bond donors (Lipinski definition) is 1. The molecule has 1 aliphatic rings. The van der Waals surface area contributed by atoms with Gasteiger partial charge in [0.25, 0.3) is 0 Å². The second-order valence-corrected chi connectivity index (χ2v) is 6.98. The van der Waals surface area contributed by atoms with E-state index in [0.717, 1.165) is 19.0 Å². The first-order valence-electron chi connectivity index (χ1n) is 7.92. The van der Waals surface area contributed by atoms with Crippen molar-refractivity contribution in [3.63, 3.8) is 0 Å². The summed E-state index contributed by atoms with van der Waals surface area (Å²) in [5.74, 6) is 0.887. The van der Waals surface area contributed by atoms with Gasteiger partial charge in [-0.25, -0.2) is 0 Å². The quantitative estimate of drug-likeness (QED) is 0.245. The van der Waals surface area contributed by atoms with Crippen LogP contribution in [-0.2, 0) is 6.54 Å². The smallest absolute Gasteiger partial charge is 0.306 e. The summed E-state index contributed by atoms with van der Waals surface area (Å²) in [6.45, 7) is 13.8. The molecule has 2 heterocycles. The summed E-state index contributed by atoms with van der Waals surface area (Å²) >= 11 is 0. The van der Waals surface area contributed by atoms with Crippen molar-refractivity contribution in [3.05, 3.63) is 22.5 Å². The summed E-state index contributed by atoms with van der Waals surface area (Å²) in [5, 5.41) is 18.0. The number of halogens is 1. The van der Waals surface area contributed by atoms with Gasteiger partial charge in [-0.15, -0.1) is 24.0 Å². The van der Waals surface area contributed by atoms with Crippen LogP contribution in [0.3, 0.4) is 0 Å². The zero-order valence-corrected chi connectivity index (χ0v) is 17.3. The maximum atomic E-state index is 10.7. The molecule has 2 rings (SSSR count). The van der Waals surface area contributed by atoms with Crippen LogP contribution in [0.1, 0.15) is 34.6 Å². The molecule has 0 unspecified atom stereocenters. The van der Waals surface area contributed by atoms with Crippen LogP contribution in [0.25, 0.3) is 0 Å². The molecule has 1 aliphatic heterocycles. The number of rotatable bonds is 5. The molecule has 0 bridgehead atoms. The Hall–Kier alpha value is -1.39. The first-order valence-corrected chi connectivity index (χ1v) is 7.92. The highest BCUT2D eigenvalue weighted by molar-refractivity contribution is 14.0. The number of nitrogens with one attached hydrogen (secondary N) is 1. The zero-order chi connectivity index (χ0) is 17.3. The topological polar surface area (TPSA) is 88.6 Å². The molecule has 136 valence electrons. The second-order valence-electron chi connectivity index (χ2n) is 6.98. The number of likely N-dealkylation sites (tertiary alicyclic amines) is 1. The van der Waals surface area contributed by atoms with Crippen molar-refractivity contribution in [2.45, 2.75) is 46.7 Å². The summed E-state index contributed by atoms with van der Waals surface area (Å²) in [6, 6.07) is 0. The predicted molar refractivity (Wildman–Crippen MR) is 105 cm³/mol. The third kappa shape index (κ3) is 3.98. The summed E-state index contributed by atoms with van der Waals surface area (Å²) in [4.78, 5) is 17.1. The number of nitro groups is 1. The highest BCUT2D eigenvalue weighted by atomic mass is 127. The minimum absolute atomic E-state index is 0. The molecule has 0 radical (unpaired) electrons. The van der Waals surface area contributed by atoms with E-state index in [0.29, 0.717) is 13.1 Å². The van der Waals surface area contributed by atoms with Gasteiger partial charge >= 0.3 is 5.69 Å². The largest absolute Gasteiger partial charge is 0.356 e. The van der Waals surface area contributed by atoms with Gasteiger partial charge in [0.15, 0.2) is 5.96 Å². The van der Waals surface area contributed by atoms with Crippen LogP contribution in [0.2, 0.25) is 0 Å². The van der Waals surface area contributed by atoms with E-state index in [2.05, 4.69) is 48.0 Å². The molecule has 0 atom stereocenters. The lowest BCUT2D eigenvalue weighted by Gasteiger charge is -2.62. The van der Waals surface area contributed by atoms with Gasteiger partial charge in [0.1, 0.15) is 12.4 Å². The molecule has 1 N–H and O–H groups in total. The molecular formula is C15H27IN6O2. The lowest BCUT2D eigenvalue weighted by molar-refractivity contribution is -0.385. The Bertz CT molecular complexity index is 611. The van der Waals surface area contributed by atoms with E-state index in [1.54, 1.807) is 4.68 Å². The summed E-state index contributed by atoms with van der Waals surface area (Å²) < 4.78 is 1.55. The molecule has 24 heavy (non-hydrogen) atoms.